The van der Waals surface area contributed by atoms with Crippen LogP contribution in [-0.2, 0) is 14.4 Å². The molecule has 20 heavy (non-hydrogen) atoms. The summed E-state index contributed by atoms with van der Waals surface area (Å²) in [6.45, 7) is 1.70. The van der Waals surface area contributed by atoms with Gasteiger partial charge in [0.15, 0.2) is 0 Å². The van der Waals surface area contributed by atoms with Crippen molar-refractivity contribution in [2.45, 2.75) is 25.4 Å². The molecule has 0 aliphatic carbocycles. The Balaban J connectivity index is 0.00000200. The van der Waals surface area contributed by atoms with Crippen LogP contribution in [0.1, 0.15) is 6.92 Å². The first-order chi connectivity index (χ1) is 8.82. The zero-order chi connectivity index (χ0) is 14.3. The van der Waals surface area contributed by atoms with Gasteiger partial charge in [-0.05, 0) is 12.5 Å². The van der Waals surface area contributed by atoms with Crippen molar-refractivity contribution in [3.8, 4) is 0 Å². The number of rotatable bonds is 4. The first-order valence-electron chi connectivity index (χ1n) is 5.44. The standard InChI is InChI=1S/C10H12FN3O5.Li.H/c1-4-2-5-3-13(6(4)8(12)15)10(18)14(5)19-7(11)9(16)17;;/h2,5-7H,3H2,1H3,(H2,12,15)(H,16,17);;/t5-,6+,7+;;/m1../s1. The molecule has 2 aliphatic rings. The normalized spacial score (nSPS) is 25.9. The monoisotopic (exact) mass is 281 g/mol. The Morgan fingerprint density at radius 2 is 2.20 bits per heavy atom. The van der Waals surface area contributed by atoms with Gasteiger partial charge >= 0.3 is 37.2 Å². The number of amides is 3. The van der Waals surface area contributed by atoms with E-state index in [4.69, 9.17) is 10.8 Å². The van der Waals surface area contributed by atoms with Crippen LogP contribution in [0.4, 0.5) is 9.18 Å². The van der Waals surface area contributed by atoms with Gasteiger partial charge in [-0.3, -0.25) is 4.79 Å². The predicted octanol–water partition coefficient (Wildman–Crippen LogP) is -1.43. The van der Waals surface area contributed by atoms with Gasteiger partial charge in [0.25, 0.3) is 0 Å². The second-order valence-electron chi connectivity index (χ2n) is 4.30. The molecule has 3 amide bonds. The van der Waals surface area contributed by atoms with E-state index < -0.39 is 36.3 Å². The third-order valence-corrected chi connectivity index (χ3v) is 2.99. The first kappa shape index (κ1) is 16.5. The summed E-state index contributed by atoms with van der Waals surface area (Å²) in [4.78, 5) is 39.2. The number of carbonyl (C=O) groups is 3. The number of carbonyl (C=O) groups excluding carboxylic acids is 2. The molecule has 1 saturated heterocycles. The van der Waals surface area contributed by atoms with Gasteiger partial charge in [0, 0.05) is 0 Å². The molecule has 106 valence electrons. The Kier molecular flexibility index (Phi) is 4.80. The first-order valence-corrected chi connectivity index (χ1v) is 5.44. The van der Waals surface area contributed by atoms with E-state index in [9.17, 15) is 18.8 Å². The topological polar surface area (TPSA) is 113 Å². The van der Waals surface area contributed by atoms with Crippen LogP contribution in [0, 0.1) is 0 Å². The van der Waals surface area contributed by atoms with E-state index in [1.54, 1.807) is 6.92 Å². The number of urea groups is 1. The van der Waals surface area contributed by atoms with Crippen LogP contribution in [0.25, 0.3) is 0 Å². The van der Waals surface area contributed by atoms with Gasteiger partial charge in [-0.15, -0.1) is 0 Å². The number of primary amides is 1. The summed E-state index contributed by atoms with van der Waals surface area (Å²) in [6.07, 6.45) is -1.11. The maximum atomic E-state index is 13.0. The minimum atomic E-state index is -2.65. The Morgan fingerprint density at radius 1 is 1.60 bits per heavy atom. The number of fused-ring (bicyclic) bond motifs is 2. The summed E-state index contributed by atoms with van der Waals surface area (Å²) < 4.78 is 13.0. The van der Waals surface area contributed by atoms with Crippen LogP contribution in [0.3, 0.4) is 0 Å². The number of halogens is 1. The van der Waals surface area contributed by atoms with Crippen molar-refractivity contribution in [2.24, 2.45) is 5.73 Å². The van der Waals surface area contributed by atoms with Crippen molar-refractivity contribution < 1.29 is 28.7 Å². The number of nitrogens with two attached hydrogens (primary N) is 1. The number of alkyl halides is 1. The Hall–Kier alpha value is -1.56. The maximum absolute atomic E-state index is 13.0. The fourth-order valence-corrected chi connectivity index (χ4v) is 2.24. The molecule has 3 N–H and O–H groups in total. The number of hydrogen-bond acceptors (Lipinski definition) is 4. The van der Waals surface area contributed by atoms with Gasteiger partial charge in [0.2, 0.25) is 5.91 Å². The van der Waals surface area contributed by atoms with Crippen LogP contribution in [0.2, 0.25) is 0 Å². The molecule has 3 atom stereocenters. The molecule has 0 spiro atoms. The zero-order valence-corrected chi connectivity index (χ0v) is 9.95. The summed E-state index contributed by atoms with van der Waals surface area (Å²) in [5.41, 5.74) is 5.73. The summed E-state index contributed by atoms with van der Waals surface area (Å²) in [7, 11) is 0. The molecule has 2 bridgehead atoms. The Morgan fingerprint density at radius 3 is 2.70 bits per heavy atom. The van der Waals surface area contributed by atoms with E-state index in [2.05, 4.69) is 4.84 Å². The van der Waals surface area contributed by atoms with E-state index in [-0.39, 0.29) is 25.4 Å². The molecule has 8 nitrogen and oxygen atoms in total. The van der Waals surface area contributed by atoms with Crippen molar-refractivity contribution >= 4 is 36.8 Å². The summed E-state index contributed by atoms with van der Waals surface area (Å²) in [6, 6.07) is -2.34. The molecule has 0 unspecified atom stereocenters. The third-order valence-electron chi connectivity index (χ3n) is 2.99. The summed E-state index contributed by atoms with van der Waals surface area (Å²) in [5, 5.41) is 9.04. The van der Waals surface area contributed by atoms with Crippen molar-refractivity contribution in [3.63, 3.8) is 0 Å². The molecule has 0 saturated carbocycles. The third kappa shape index (κ3) is 2.65. The van der Waals surface area contributed by atoms with Gasteiger partial charge in [0.1, 0.15) is 6.04 Å². The van der Waals surface area contributed by atoms with Crippen LogP contribution < -0.4 is 5.73 Å². The van der Waals surface area contributed by atoms with E-state index in [1.807, 2.05) is 0 Å². The van der Waals surface area contributed by atoms with Crippen LogP contribution in [0.15, 0.2) is 11.6 Å². The second-order valence-corrected chi connectivity index (χ2v) is 4.30. The fraction of sp³-hybridized carbons (Fsp3) is 0.500. The Labute approximate surface area is 125 Å². The van der Waals surface area contributed by atoms with Crippen molar-refractivity contribution in [1.82, 2.24) is 9.96 Å². The van der Waals surface area contributed by atoms with Gasteiger partial charge in [0.05, 0.1) is 12.6 Å². The van der Waals surface area contributed by atoms with E-state index in [0.717, 1.165) is 4.90 Å². The average molecular weight is 281 g/mol. The molecular formula is C10H13FLiN3O5. The number of hydrogen-bond donors (Lipinski definition) is 2. The Bertz CT molecular complexity index is 486. The van der Waals surface area contributed by atoms with E-state index in [0.29, 0.717) is 10.6 Å². The molecule has 2 rings (SSSR count). The van der Waals surface area contributed by atoms with E-state index >= 15 is 0 Å². The average Bonchev–Trinajstić information content (AvgIpc) is 2.54. The van der Waals surface area contributed by atoms with Gasteiger partial charge in [-0.2, -0.15) is 5.06 Å². The van der Waals surface area contributed by atoms with Crippen LogP contribution in [-0.4, -0.2) is 76.8 Å². The fourth-order valence-electron chi connectivity index (χ4n) is 2.24. The molecule has 2 heterocycles. The second kappa shape index (κ2) is 5.83. The molecule has 0 aromatic carbocycles. The number of carboxylic acids is 1. The number of aliphatic carboxylic acids is 1. The van der Waals surface area contributed by atoms with Crippen LogP contribution >= 0.6 is 0 Å². The van der Waals surface area contributed by atoms with Crippen molar-refractivity contribution in [1.29, 1.82) is 0 Å². The molecule has 0 radical (unpaired) electrons. The quantitative estimate of drug-likeness (QED) is 0.484. The molecule has 2 aliphatic heterocycles. The summed E-state index contributed by atoms with van der Waals surface area (Å²) in [5.74, 6) is -2.55. The zero-order valence-electron chi connectivity index (χ0n) is 9.95. The minimum absolute atomic E-state index is 0. The molecule has 1 fully saturated rings. The molecule has 0 aromatic rings. The SMILES string of the molecule is CC1=C[C@@H]2CN(C(=O)N2O[C@H](F)C(=O)O)[C@@H]1C(N)=O.[LiH]. The van der Waals surface area contributed by atoms with Crippen LogP contribution in [0.5, 0.6) is 0 Å². The number of carboxylic acid groups (broad SMARTS) is 1. The summed E-state index contributed by atoms with van der Waals surface area (Å²) >= 11 is 0. The van der Waals surface area contributed by atoms with Gasteiger partial charge < -0.3 is 15.7 Å². The van der Waals surface area contributed by atoms with Crippen molar-refractivity contribution in [3.05, 3.63) is 11.6 Å². The van der Waals surface area contributed by atoms with Crippen molar-refractivity contribution in [2.75, 3.05) is 6.54 Å². The number of nitrogens with zero attached hydrogens (tertiary/aromatic N) is 2. The van der Waals surface area contributed by atoms with E-state index in [1.165, 1.54) is 6.08 Å². The number of hydroxylamine groups is 2. The van der Waals surface area contributed by atoms with Gasteiger partial charge in [-0.25, -0.2) is 18.8 Å². The predicted molar refractivity (Wildman–Crippen MR) is 65.2 cm³/mol. The molecule has 0 aromatic heterocycles. The molecule has 10 heteroatoms. The van der Waals surface area contributed by atoms with Gasteiger partial charge in [-0.1, -0.05) is 6.08 Å². The molecular weight excluding hydrogens is 268 g/mol.